The van der Waals surface area contributed by atoms with Gasteiger partial charge in [-0.25, -0.2) is 4.98 Å². The fourth-order valence-corrected chi connectivity index (χ4v) is 2.45. The molecule has 1 heterocycles. The van der Waals surface area contributed by atoms with Crippen LogP contribution < -0.4 is 5.32 Å². The van der Waals surface area contributed by atoms with Gasteiger partial charge in [-0.05, 0) is 38.3 Å². The number of H-pyrrole nitrogens is 1. The molecule has 1 unspecified atom stereocenters. The van der Waals surface area contributed by atoms with Crippen molar-refractivity contribution < 1.29 is 0 Å². The molecule has 0 radical (unpaired) electrons. The molecule has 1 aliphatic rings. The third-order valence-electron chi connectivity index (χ3n) is 3.55. The monoisotopic (exact) mass is 256 g/mol. The molecule has 19 heavy (non-hydrogen) atoms. The van der Waals surface area contributed by atoms with Gasteiger partial charge in [-0.1, -0.05) is 25.0 Å². The summed E-state index contributed by atoms with van der Waals surface area (Å²) >= 11 is 0. The highest BCUT2D eigenvalue weighted by atomic mass is 15.2. The van der Waals surface area contributed by atoms with E-state index in [-0.39, 0.29) is 0 Å². The van der Waals surface area contributed by atoms with Crippen LogP contribution in [0.1, 0.15) is 32.0 Å². The van der Waals surface area contributed by atoms with Gasteiger partial charge >= 0.3 is 0 Å². The lowest BCUT2D eigenvalue weighted by Crippen LogP contribution is -2.16. The molecule has 0 spiro atoms. The first kappa shape index (κ1) is 12.2. The van der Waals surface area contributed by atoms with Crippen molar-refractivity contribution in [3.63, 3.8) is 0 Å². The summed E-state index contributed by atoms with van der Waals surface area (Å²) in [5.74, 6) is 2.54. The number of nitrogens with zero attached hydrogens (tertiary/aromatic N) is 2. The van der Waals surface area contributed by atoms with Gasteiger partial charge in [0.2, 0.25) is 0 Å². The standard InChI is InChI=1S/C15H20N4/c1-10(9-12-7-8-12)16-14-6-4-3-5-13(14)15-17-11(2)18-19-15/h3-6,10,12,16H,7-9H2,1-2H3,(H,17,18,19). The van der Waals surface area contributed by atoms with E-state index >= 15 is 0 Å². The van der Waals surface area contributed by atoms with Crippen molar-refractivity contribution in [3.8, 4) is 11.4 Å². The van der Waals surface area contributed by atoms with Crippen LogP contribution in [0.4, 0.5) is 5.69 Å². The molecule has 3 rings (SSSR count). The highest BCUT2D eigenvalue weighted by Gasteiger charge is 2.23. The van der Waals surface area contributed by atoms with Crippen molar-refractivity contribution >= 4 is 5.69 Å². The third-order valence-corrected chi connectivity index (χ3v) is 3.55. The van der Waals surface area contributed by atoms with Gasteiger partial charge in [0.15, 0.2) is 5.82 Å². The molecule has 0 aliphatic heterocycles. The molecule has 1 aliphatic carbocycles. The lowest BCUT2D eigenvalue weighted by atomic mass is 10.1. The molecule has 0 saturated heterocycles. The summed E-state index contributed by atoms with van der Waals surface area (Å²) in [6.07, 6.45) is 4.04. The van der Waals surface area contributed by atoms with E-state index in [4.69, 9.17) is 0 Å². The maximum atomic E-state index is 4.42. The maximum absolute atomic E-state index is 4.42. The Kier molecular flexibility index (Phi) is 3.23. The minimum Gasteiger partial charge on any atom is -0.382 e. The maximum Gasteiger partial charge on any atom is 0.183 e. The van der Waals surface area contributed by atoms with Crippen molar-refractivity contribution in [2.75, 3.05) is 5.32 Å². The fourth-order valence-electron chi connectivity index (χ4n) is 2.45. The van der Waals surface area contributed by atoms with Crippen LogP contribution in [0.2, 0.25) is 0 Å². The average Bonchev–Trinajstić information content (AvgIpc) is 3.09. The molecular formula is C15H20N4. The summed E-state index contributed by atoms with van der Waals surface area (Å²) in [7, 11) is 0. The largest absolute Gasteiger partial charge is 0.382 e. The zero-order valence-electron chi connectivity index (χ0n) is 11.5. The molecule has 1 aromatic carbocycles. The topological polar surface area (TPSA) is 53.6 Å². The first-order chi connectivity index (χ1) is 9.22. The molecule has 0 bridgehead atoms. The second-order valence-corrected chi connectivity index (χ2v) is 5.51. The summed E-state index contributed by atoms with van der Waals surface area (Å²) in [6.45, 7) is 4.17. The third kappa shape index (κ3) is 2.95. The number of para-hydroxylation sites is 1. The van der Waals surface area contributed by atoms with Crippen LogP contribution >= 0.6 is 0 Å². The summed E-state index contributed by atoms with van der Waals surface area (Å²) in [4.78, 5) is 4.42. The van der Waals surface area contributed by atoms with Gasteiger partial charge in [0.05, 0.1) is 0 Å². The first-order valence-corrected chi connectivity index (χ1v) is 6.97. The van der Waals surface area contributed by atoms with Crippen molar-refractivity contribution in [1.29, 1.82) is 0 Å². The number of benzene rings is 1. The van der Waals surface area contributed by atoms with Crippen molar-refractivity contribution in [3.05, 3.63) is 30.1 Å². The Bertz CT molecular complexity index is 557. The number of aryl methyl sites for hydroxylation is 1. The first-order valence-electron chi connectivity index (χ1n) is 6.97. The molecule has 2 aromatic rings. The molecule has 1 aromatic heterocycles. The van der Waals surface area contributed by atoms with Crippen molar-refractivity contribution in [2.45, 2.75) is 39.2 Å². The van der Waals surface area contributed by atoms with Crippen LogP contribution in [0.25, 0.3) is 11.4 Å². The predicted molar refractivity (Wildman–Crippen MR) is 77.0 cm³/mol. The Morgan fingerprint density at radius 2 is 2.16 bits per heavy atom. The van der Waals surface area contributed by atoms with Crippen LogP contribution in [-0.4, -0.2) is 21.2 Å². The lowest BCUT2D eigenvalue weighted by Gasteiger charge is -2.16. The summed E-state index contributed by atoms with van der Waals surface area (Å²) in [5, 5.41) is 10.7. The van der Waals surface area contributed by atoms with E-state index in [0.717, 1.165) is 28.8 Å². The Hall–Kier alpha value is -1.84. The van der Waals surface area contributed by atoms with Gasteiger partial charge in [-0.15, -0.1) is 0 Å². The van der Waals surface area contributed by atoms with Crippen LogP contribution in [0.15, 0.2) is 24.3 Å². The van der Waals surface area contributed by atoms with E-state index in [2.05, 4.69) is 45.6 Å². The second kappa shape index (κ2) is 5.03. The molecule has 1 fully saturated rings. The minimum absolute atomic E-state index is 0.494. The Balaban J connectivity index is 1.80. The average molecular weight is 256 g/mol. The zero-order chi connectivity index (χ0) is 13.2. The number of aromatic nitrogens is 3. The molecule has 100 valence electrons. The van der Waals surface area contributed by atoms with Crippen LogP contribution in [0.5, 0.6) is 0 Å². The predicted octanol–water partition coefficient (Wildman–Crippen LogP) is 3.38. The van der Waals surface area contributed by atoms with Crippen LogP contribution in [0, 0.1) is 12.8 Å². The molecule has 1 saturated carbocycles. The van der Waals surface area contributed by atoms with Gasteiger partial charge in [-0.3, -0.25) is 5.10 Å². The van der Waals surface area contributed by atoms with Gasteiger partial charge in [0.25, 0.3) is 0 Å². The Morgan fingerprint density at radius 1 is 1.37 bits per heavy atom. The summed E-state index contributed by atoms with van der Waals surface area (Å²) in [6, 6.07) is 8.74. The number of nitrogens with one attached hydrogen (secondary N) is 2. The number of anilines is 1. The van der Waals surface area contributed by atoms with Crippen molar-refractivity contribution in [2.24, 2.45) is 5.92 Å². The minimum atomic E-state index is 0.494. The van der Waals surface area contributed by atoms with Gasteiger partial charge in [0.1, 0.15) is 5.82 Å². The molecule has 0 amide bonds. The van der Waals surface area contributed by atoms with E-state index in [1.807, 2.05) is 13.0 Å². The number of aromatic amines is 1. The number of hydrogen-bond donors (Lipinski definition) is 2. The molecular weight excluding hydrogens is 236 g/mol. The van der Waals surface area contributed by atoms with Crippen LogP contribution in [0.3, 0.4) is 0 Å². The Morgan fingerprint density at radius 3 is 2.84 bits per heavy atom. The van der Waals surface area contributed by atoms with Crippen molar-refractivity contribution in [1.82, 2.24) is 15.2 Å². The smallest absolute Gasteiger partial charge is 0.183 e. The van der Waals surface area contributed by atoms with Gasteiger partial charge in [-0.2, -0.15) is 5.10 Å². The van der Waals surface area contributed by atoms with Crippen LogP contribution in [-0.2, 0) is 0 Å². The lowest BCUT2D eigenvalue weighted by molar-refractivity contribution is 0.642. The molecule has 4 nitrogen and oxygen atoms in total. The molecule has 1 atom stereocenters. The number of rotatable bonds is 5. The highest BCUT2D eigenvalue weighted by molar-refractivity contribution is 5.73. The SMILES string of the molecule is Cc1nc(-c2ccccc2NC(C)CC2CC2)n[nH]1. The van der Waals surface area contributed by atoms with E-state index in [0.29, 0.717) is 6.04 Å². The Labute approximate surface area is 113 Å². The quantitative estimate of drug-likeness (QED) is 0.862. The van der Waals surface area contributed by atoms with Gasteiger partial charge in [0, 0.05) is 17.3 Å². The summed E-state index contributed by atoms with van der Waals surface area (Å²) < 4.78 is 0. The highest BCUT2D eigenvalue weighted by Crippen LogP contribution is 2.34. The van der Waals surface area contributed by atoms with E-state index in [9.17, 15) is 0 Å². The fraction of sp³-hybridized carbons (Fsp3) is 0.467. The second-order valence-electron chi connectivity index (χ2n) is 5.51. The molecule has 4 heteroatoms. The van der Waals surface area contributed by atoms with E-state index < -0.39 is 0 Å². The zero-order valence-corrected chi connectivity index (χ0v) is 11.5. The van der Waals surface area contributed by atoms with E-state index in [1.54, 1.807) is 0 Å². The molecule has 2 N–H and O–H groups in total. The summed E-state index contributed by atoms with van der Waals surface area (Å²) in [5.41, 5.74) is 2.18. The number of hydrogen-bond acceptors (Lipinski definition) is 3. The normalized spacial score (nSPS) is 16.3. The van der Waals surface area contributed by atoms with E-state index in [1.165, 1.54) is 19.3 Å². The van der Waals surface area contributed by atoms with Gasteiger partial charge < -0.3 is 5.32 Å².